The lowest BCUT2D eigenvalue weighted by Gasteiger charge is -2.27. The molecule has 1 unspecified atom stereocenters. The van der Waals surface area contributed by atoms with Gasteiger partial charge in [0.15, 0.2) is 4.84 Å². The predicted molar refractivity (Wildman–Crippen MR) is 54.3 cm³/mol. The Morgan fingerprint density at radius 3 is 2.47 bits per heavy atom. The zero-order valence-electron chi connectivity index (χ0n) is 8.00. The standard InChI is InChI=1S/C7H12Cl2N2O4/c1-2-15-6(13)7(14,5(8)9)11-4(12)3-10/h5,14H,2-3,10H2,1H3,(H,11,12). The highest BCUT2D eigenvalue weighted by Gasteiger charge is 2.45. The van der Waals surface area contributed by atoms with E-state index >= 15 is 0 Å². The number of alkyl halides is 2. The van der Waals surface area contributed by atoms with E-state index < -0.39 is 29.0 Å². The molecule has 4 N–H and O–H groups in total. The van der Waals surface area contributed by atoms with Gasteiger partial charge in [0, 0.05) is 0 Å². The molecular formula is C7H12Cl2N2O4. The number of nitrogens with one attached hydrogen (secondary N) is 1. The van der Waals surface area contributed by atoms with Crippen molar-refractivity contribution in [1.29, 1.82) is 0 Å². The molecule has 0 fully saturated rings. The first kappa shape index (κ1) is 14.4. The fourth-order valence-corrected chi connectivity index (χ4v) is 0.987. The smallest absolute Gasteiger partial charge is 0.362 e. The van der Waals surface area contributed by atoms with Crippen LogP contribution in [0, 0.1) is 0 Å². The Morgan fingerprint density at radius 2 is 2.13 bits per heavy atom. The number of nitrogens with two attached hydrogens (primary N) is 1. The fraction of sp³-hybridized carbons (Fsp3) is 0.714. The third-order valence-electron chi connectivity index (χ3n) is 1.42. The normalized spacial score (nSPS) is 14.5. The second-order valence-corrected chi connectivity index (χ2v) is 3.64. The van der Waals surface area contributed by atoms with Crippen LogP contribution in [0.5, 0.6) is 0 Å². The van der Waals surface area contributed by atoms with Crippen LogP contribution >= 0.6 is 23.2 Å². The van der Waals surface area contributed by atoms with Crippen molar-refractivity contribution in [2.24, 2.45) is 5.73 Å². The van der Waals surface area contributed by atoms with Crippen molar-refractivity contribution in [2.75, 3.05) is 13.2 Å². The summed E-state index contributed by atoms with van der Waals surface area (Å²) in [5.41, 5.74) is 2.52. The zero-order chi connectivity index (χ0) is 12.1. The van der Waals surface area contributed by atoms with E-state index in [1.54, 1.807) is 0 Å². The molecule has 0 saturated heterocycles. The Balaban J connectivity index is 4.73. The summed E-state index contributed by atoms with van der Waals surface area (Å²) in [5.74, 6) is -1.92. The van der Waals surface area contributed by atoms with Gasteiger partial charge in [0.2, 0.25) is 5.91 Å². The molecule has 1 amide bonds. The molecule has 8 heteroatoms. The second kappa shape index (κ2) is 6.12. The molecule has 0 aliphatic rings. The molecule has 0 saturated carbocycles. The van der Waals surface area contributed by atoms with E-state index in [2.05, 4.69) is 4.74 Å². The summed E-state index contributed by atoms with van der Waals surface area (Å²) in [6.07, 6.45) is 0. The quantitative estimate of drug-likeness (QED) is 0.338. The van der Waals surface area contributed by atoms with Crippen LogP contribution in [0.1, 0.15) is 6.92 Å². The van der Waals surface area contributed by atoms with Crippen LogP contribution in [0.4, 0.5) is 0 Å². The summed E-state index contributed by atoms with van der Waals surface area (Å²) < 4.78 is 4.50. The lowest BCUT2D eigenvalue weighted by molar-refractivity contribution is -0.169. The first-order valence-corrected chi connectivity index (χ1v) is 4.94. The van der Waals surface area contributed by atoms with Gasteiger partial charge < -0.3 is 20.9 Å². The average Bonchev–Trinajstić information content (AvgIpc) is 2.17. The number of hydrogen-bond donors (Lipinski definition) is 3. The topological polar surface area (TPSA) is 102 Å². The maximum atomic E-state index is 11.3. The summed E-state index contributed by atoms with van der Waals surface area (Å²) in [6, 6.07) is 0. The third-order valence-corrected chi connectivity index (χ3v) is 2.05. The van der Waals surface area contributed by atoms with Crippen molar-refractivity contribution in [2.45, 2.75) is 17.5 Å². The van der Waals surface area contributed by atoms with Gasteiger partial charge in [-0.1, -0.05) is 23.2 Å². The third kappa shape index (κ3) is 3.83. The minimum Gasteiger partial charge on any atom is -0.462 e. The van der Waals surface area contributed by atoms with Gasteiger partial charge in [-0.2, -0.15) is 0 Å². The van der Waals surface area contributed by atoms with Crippen molar-refractivity contribution in [3.8, 4) is 0 Å². The van der Waals surface area contributed by atoms with E-state index in [9.17, 15) is 14.7 Å². The average molecular weight is 259 g/mol. The molecule has 15 heavy (non-hydrogen) atoms. The van der Waals surface area contributed by atoms with E-state index in [0.29, 0.717) is 0 Å². The van der Waals surface area contributed by atoms with E-state index in [1.165, 1.54) is 6.92 Å². The van der Waals surface area contributed by atoms with Crippen molar-refractivity contribution < 1.29 is 19.4 Å². The Morgan fingerprint density at radius 1 is 1.60 bits per heavy atom. The van der Waals surface area contributed by atoms with Gasteiger partial charge in [-0.05, 0) is 6.92 Å². The first-order chi connectivity index (χ1) is 6.88. The lowest BCUT2D eigenvalue weighted by Crippen LogP contribution is -2.60. The Hall–Kier alpha value is -0.560. The molecule has 0 rings (SSSR count). The van der Waals surface area contributed by atoms with Crippen LogP contribution in [-0.4, -0.2) is 40.7 Å². The minimum absolute atomic E-state index is 0.0140. The molecule has 0 radical (unpaired) electrons. The highest BCUT2D eigenvalue weighted by atomic mass is 35.5. The van der Waals surface area contributed by atoms with Gasteiger partial charge in [-0.25, -0.2) is 4.79 Å². The number of aliphatic hydroxyl groups is 1. The number of amides is 1. The van der Waals surface area contributed by atoms with Crippen LogP contribution in [-0.2, 0) is 14.3 Å². The largest absolute Gasteiger partial charge is 0.462 e. The molecule has 0 aromatic rings. The molecule has 0 spiro atoms. The fourth-order valence-electron chi connectivity index (χ4n) is 0.699. The summed E-state index contributed by atoms with van der Waals surface area (Å²) in [6.45, 7) is 1.13. The molecule has 0 aliphatic carbocycles. The van der Waals surface area contributed by atoms with Gasteiger partial charge in [0.25, 0.3) is 5.72 Å². The Kier molecular flexibility index (Phi) is 5.89. The van der Waals surface area contributed by atoms with Gasteiger partial charge in [0.05, 0.1) is 13.2 Å². The second-order valence-electron chi connectivity index (χ2n) is 2.54. The van der Waals surface area contributed by atoms with Gasteiger partial charge in [-0.3, -0.25) is 4.79 Å². The molecule has 1 atom stereocenters. The number of rotatable bonds is 5. The molecule has 0 aromatic heterocycles. The van der Waals surface area contributed by atoms with E-state index in [-0.39, 0.29) is 6.61 Å². The van der Waals surface area contributed by atoms with Crippen LogP contribution < -0.4 is 11.1 Å². The number of esters is 1. The Bertz CT molecular complexity index is 249. The number of ether oxygens (including phenoxy) is 1. The van der Waals surface area contributed by atoms with E-state index in [0.717, 1.165) is 0 Å². The first-order valence-electron chi connectivity index (χ1n) is 4.07. The van der Waals surface area contributed by atoms with E-state index in [4.69, 9.17) is 28.9 Å². The predicted octanol–water partition coefficient (Wildman–Crippen LogP) is -0.883. The number of halogens is 2. The molecule has 0 bridgehead atoms. The van der Waals surface area contributed by atoms with Crippen LogP contribution in [0.2, 0.25) is 0 Å². The van der Waals surface area contributed by atoms with Crippen LogP contribution in [0.15, 0.2) is 0 Å². The zero-order valence-corrected chi connectivity index (χ0v) is 9.51. The maximum Gasteiger partial charge on any atom is 0.362 e. The van der Waals surface area contributed by atoms with Gasteiger partial charge in [-0.15, -0.1) is 0 Å². The summed E-state index contributed by atoms with van der Waals surface area (Å²) in [4.78, 5) is 20.6. The number of carbonyl (C=O) groups excluding carboxylic acids is 2. The molecular weight excluding hydrogens is 247 g/mol. The molecule has 0 aromatic carbocycles. The van der Waals surface area contributed by atoms with Gasteiger partial charge in [0.1, 0.15) is 0 Å². The summed E-state index contributed by atoms with van der Waals surface area (Å²) in [7, 11) is 0. The molecule has 88 valence electrons. The minimum atomic E-state index is -2.48. The molecule has 0 heterocycles. The monoisotopic (exact) mass is 258 g/mol. The highest BCUT2D eigenvalue weighted by molar-refractivity contribution is 6.46. The van der Waals surface area contributed by atoms with Crippen molar-refractivity contribution in [1.82, 2.24) is 5.32 Å². The lowest BCUT2D eigenvalue weighted by atomic mass is 10.2. The maximum absolute atomic E-state index is 11.3. The number of carbonyl (C=O) groups is 2. The molecule has 0 aliphatic heterocycles. The van der Waals surface area contributed by atoms with Crippen molar-refractivity contribution in [3.05, 3.63) is 0 Å². The van der Waals surface area contributed by atoms with Crippen molar-refractivity contribution in [3.63, 3.8) is 0 Å². The summed E-state index contributed by atoms with van der Waals surface area (Å²) in [5, 5.41) is 11.5. The van der Waals surface area contributed by atoms with E-state index in [1.807, 2.05) is 5.32 Å². The molecule has 6 nitrogen and oxygen atoms in total. The van der Waals surface area contributed by atoms with Crippen molar-refractivity contribution >= 4 is 35.1 Å². The summed E-state index contributed by atoms with van der Waals surface area (Å²) >= 11 is 10.8. The van der Waals surface area contributed by atoms with Crippen LogP contribution in [0.3, 0.4) is 0 Å². The SMILES string of the molecule is CCOC(=O)C(O)(NC(=O)CN)C(Cl)Cl. The Labute approximate surface area is 96.7 Å². The van der Waals surface area contributed by atoms with Gasteiger partial charge >= 0.3 is 5.97 Å². The van der Waals surface area contributed by atoms with Crippen LogP contribution in [0.25, 0.3) is 0 Å². The highest BCUT2D eigenvalue weighted by Crippen LogP contribution is 2.19. The number of hydrogen-bond acceptors (Lipinski definition) is 5.